The van der Waals surface area contributed by atoms with Crippen molar-refractivity contribution in [3.8, 4) is 16.3 Å². The minimum atomic E-state index is -0.474. The van der Waals surface area contributed by atoms with Gasteiger partial charge in [0.1, 0.15) is 10.8 Å². The minimum absolute atomic E-state index is 0.126. The maximum atomic E-state index is 11.5. The summed E-state index contributed by atoms with van der Waals surface area (Å²) >= 11 is 7.15. The Labute approximate surface area is 126 Å². The van der Waals surface area contributed by atoms with Crippen LogP contribution in [0.4, 0.5) is 0 Å². The number of methoxy groups -OCH3 is 1. The Hall–Kier alpha value is -1.59. The summed E-state index contributed by atoms with van der Waals surface area (Å²) in [5.41, 5.74) is 0.878. The lowest BCUT2D eigenvalue weighted by Gasteiger charge is -2.09. The number of hydrogen-bond donors (Lipinski definition) is 0. The van der Waals surface area contributed by atoms with Crippen molar-refractivity contribution in [2.75, 3.05) is 7.11 Å². The Morgan fingerprint density at radius 3 is 2.50 bits per heavy atom. The normalized spacial score (nSPS) is 10.7. The lowest BCUT2D eigenvalue weighted by atomic mass is 10.2. The third-order valence-corrected chi connectivity index (χ3v) is 3.90. The molecule has 20 heavy (non-hydrogen) atoms. The van der Waals surface area contributed by atoms with Crippen molar-refractivity contribution < 1.29 is 14.3 Å². The van der Waals surface area contributed by atoms with Gasteiger partial charge in [-0.05, 0) is 38.1 Å². The highest BCUT2D eigenvalue weighted by Crippen LogP contribution is 2.32. The fourth-order valence-corrected chi connectivity index (χ4v) is 2.80. The maximum absolute atomic E-state index is 11.5. The fourth-order valence-electron chi connectivity index (χ4n) is 1.59. The Kier molecular flexibility index (Phi) is 4.62. The number of nitrogens with zero attached hydrogens (tertiary/aromatic N) is 1. The SMILES string of the molecule is COC(=O)c1sc(-c2ccc(OC(C)C)cc2)nc1Cl. The summed E-state index contributed by atoms with van der Waals surface area (Å²) in [6.07, 6.45) is 0.126. The summed E-state index contributed by atoms with van der Waals surface area (Å²) < 4.78 is 10.2. The van der Waals surface area contributed by atoms with E-state index in [2.05, 4.69) is 9.72 Å². The van der Waals surface area contributed by atoms with Crippen LogP contribution in [0.2, 0.25) is 5.15 Å². The van der Waals surface area contributed by atoms with Crippen LogP contribution in [0.25, 0.3) is 10.6 Å². The molecule has 2 rings (SSSR count). The van der Waals surface area contributed by atoms with Crippen molar-refractivity contribution in [2.24, 2.45) is 0 Å². The number of thiazole rings is 1. The van der Waals surface area contributed by atoms with Gasteiger partial charge < -0.3 is 9.47 Å². The average Bonchev–Trinajstić information content (AvgIpc) is 2.80. The second-order valence-corrected chi connectivity index (χ2v) is 5.68. The molecule has 1 aromatic carbocycles. The van der Waals surface area contributed by atoms with E-state index in [0.717, 1.165) is 11.3 Å². The van der Waals surface area contributed by atoms with Crippen molar-refractivity contribution in [3.63, 3.8) is 0 Å². The second kappa shape index (κ2) is 6.24. The number of aromatic nitrogens is 1. The molecule has 2 aromatic rings. The first-order chi connectivity index (χ1) is 9.51. The highest BCUT2D eigenvalue weighted by atomic mass is 35.5. The van der Waals surface area contributed by atoms with Crippen molar-refractivity contribution in [1.82, 2.24) is 4.98 Å². The van der Waals surface area contributed by atoms with Crippen molar-refractivity contribution in [3.05, 3.63) is 34.3 Å². The first-order valence-corrected chi connectivity index (χ1v) is 7.22. The Balaban J connectivity index is 2.26. The number of hydrogen-bond acceptors (Lipinski definition) is 5. The van der Waals surface area contributed by atoms with Crippen molar-refractivity contribution >= 4 is 28.9 Å². The molecule has 0 N–H and O–H groups in total. The lowest BCUT2D eigenvalue weighted by Crippen LogP contribution is -2.05. The molecule has 0 bridgehead atoms. The number of benzene rings is 1. The van der Waals surface area contributed by atoms with Crippen LogP contribution in [0, 0.1) is 0 Å². The molecule has 0 fully saturated rings. The summed E-state index contributed by atoms with van der Waals surface area (Å²) in [5.74, 6) is 0.318. The third kappa shape index (κ3) is 3.29. The first kappa shape index (κ1) is 14.8. The van der Waals surface area contributed by atoms with Crippen LogP contribution in [-0.2, 0) is 4.74 Å². The maximum Gasteiger partial charge on any atom is 0.351 e. The van der Waals surface area contributed by atoms with E-state index in [1.54, 1.807) is 0 Å². The summed E-state index contributed by atoms with van der Waals surface area (Å²) in [7, 11) is 1.32. The predicted molar refractivity (Wildman–Crippen MR) is 79.7 cm³/mol. The third-order valence-electron chi connectivity index (χ3n) is 2.43. The highest BCUT2D eigenvalue weighted by molar-refractivity contribution is 7.17. The number of rotatable bonds is 4. The molecule has 0 atom stereocenters. The van der Waals surface area contributed by atoms with Gasteiger partial charge in [-0.1, -0.05) is 11.6 Å². The molecule has 106 valence electrons. The Morgan fingerprint density at radius 1 is 1.30 bits per heavy atom. The van der Waals surface area contributed by atoms with Gasteiger partial charge in [0, 0.05) is 5.56 Å². The number of ether oxygens (including phenoxy) is 2. The molecule has 1 aromatic heterocycles. The number of esters is 1. The molecule has 0 unspecified atom stereocenters. The molecular formula is C14H14ClNO3S. The van der Waals surface area contributed by atoms with Gasteiger partial charge in [0.15, 0.2) is 10.0 Å². The standard InChI is InChI=1S/C14H14ClNO3S/c1-8(2)19-10-6-4-9(5-7-10)13-16-12(15)11(20-13)14(17)18-3/h4-8H,1-3H3. The zero-order valence-electron chi connectivity index (χ0n) is 11.3. The minimum Gasteiger partial charge on any atom is -0.491 e. The monoisotopic (exact) mass is 311 g/mol. The van der Waals surface area contributed by atoms with E-state index < -0.39 is 5.97 Å². The molecule has 4 nitrogen and oxygen atoms in total. The van der Waals surface area contributed by atoms with Crippen LogP contribution in [0.3, 0.4) is 0 Å². The molecule has 0 aliphatic rings. The van der Waals surface area contributed by atoms with Crippen LogP contribution in [0.1, 0.15) is 23.5 Å². The first-order valence-electron chi connectivity index (χ1n) is 6.03. The molecule has 0 saturated carbocycles. The summed E-state index contributed by atoms with van der Waals surface area (Å²) in [4.78, 5) is 16.0. The van der Waals surface area contributed by atoms with Crippen LogP contribution in [0.15, 0.2) is 24.3 Å². The summed E-state index contributed by atoms with van der Waals surface area (Å²) in [6, 6.07) is 7.49. The zero-order chi connectivity index (χ0) is 14.7. The van der Waals surface area contributed by atoms with Crippen LogP contribution < -0.4 is 4.74 Å². The Bertz CT molecular complexity index is 607. The molecule has 1 heterocycles. The predicted octanol–water partition coefficient (Wildman–Crippen LogP) is 4.04. The van der Waals surface area contributed by atoms with E-state index >= 15 is 0 Å². The van der Waals surface area contributed by atoms with Gasteiger partial charge in [0.25, 0.3) is 0 Å². The zero-order valence-corrected chi connectivity index (χ0v) is 12.9. The Morgan fingerprint density at radius 2 is 1.95 bits per heavy atom. The lowest BCUT2D eigenvalue weighted by molar-refractivity contribution is 0.0606. The van der Waals surface area contributed by atoms with E-state index in [9.17, 15) is 4.79 Å². The number of halogens is 1. The van der Waals surface area contributed by atoms with E-state index in [-0.39, 0.29) is 11.3 Å². The summed E-state index contributed by atoms with van der Waals surface area (Å²) in [5, 5.41) is 0.839. The van der Waals surface area contributed by atoms with E-state index in [1.807, 2.05) is 38.1 Å². The number of carbonyl (C=O) groups is 1. The van der Waals surface area contributed by atoms with E-state index in [4.69, 9.17) is 16.3 Å². The van der Waals surface area contributed by atoms with Crippen LogP contribution in [0.5, 0.6) is 5.75 Å². The number of carbonyl (C=O) groups excluding carboxylic acids is 1. The van der Waals surface area contributed by atoms with Crippen molar-refractivity contribution in [2.45, 2.75) is 20.0 Å². The highest BCUT2D eigenvalue weighted by Gasteiger charge is 2.18. The summed E-state index contributed by atoms with van der Waals surface area (Å²) in [6.45, 7) is 3.94. The van der Waals surface area contributed by atoms with E-state index in [1.165, 1.54) is 18.4 Å². The van der Waals surface area contributed by atoms with E-state index in [0.29, 0.717) is 9.88 Å². The van der Waals surface area contributed by atoms with Crippen molar-refractivity contribution in [1.29, 1.82) is 0 Å². The molecule has 0 radical (unpaired) electrons. The van der Waals surface area contributed by atoms with Crippen LogP contribution >= 0.6 is 22.9 Å². The molecule has 0 amide bonds. The van der Waals surface area contributed by atoms with Gasteiger partial charge >= 0.3 is 5.97 Å². The van der Waals surface area contributed by atoms with Gasteiger partial charge in [-0.2, -0.15) is 0 Å². The van der Waals surface area contributed by atoms with Gasteiger partial charge in [0.2, 0.25) is 0 Å². The molecule has 0 spiro atoms. The van der Waals surface area contributed by atoms with Gasteiger partial charge in [-0.25, -0.2) is 9.78 Å². The van der Waals surface area contributed by atoms with Crippen LogP contribution in [-0.4, -0.2) is 24.2 Å². The fraction of sp³-hybridized carbons (Fsp3) is 0.286. The second-order valence-electron chi connectivity index (χ2n) is 4.32. The quantitative estimate of drug-likeness (QED) is 0.800. The molecular weight excluding hydrogens is 298 g/mol. The topological polar surface area (TPSA) is 48.4 Å². The van der Waals surface area contributed by atoms with Gasteiger partial charge in [-0.3, -0.25) is 0 Å². The molecule has 0 aliphatic heterocycles. The molecule has 6 heteroatoms. The average molecular weight is 312 g/mol. The largest absolute Gasteiger partial charge is 0.491 e. The molecule has 0 saturated heterocycles. The molecule has 0 aliphatic carbocycles. The van der Waals surface area contributed by atoms with Gasteiger partial charge in [-0.15, -0.1) is 11.3 Å². The van der Waals surface area contributed by atoms with Gasteiger partial charge in [0.05, 0.1) is 13.2 Å². The smallest absolute Gasteiger partial charge is 0.351 e.